The number of carbonyl (C=O) groups excluding carboxylic acids is 2. The number of ether oxygens (including phenoxy) is 1. The number of urea groups is 1. The van der Waals surface area contributed by atoms with E-state index >= 15 is 0 Å². The minimum atomic E-state index is -0.676. The normalized spacial score (nSPS) is 12.5. The third kappa shape index (κ3) is 5.45. The lowest BCUT2D eigenvalue weighted by molar-refractivity contribution is -0.385. The van der Waals surface area contributed by atoms with Crippen molar-refractivity contribution in [3.05, 3.63) is 88.0 Å². The van der Waals surface area contributed by atoms with Crippen LogP contribution in [-0.4, -0.2) is 34.8 Å². The summed E-state index contributed by atoms with van der Waals surface area (Å²) in [6.45, 7) is 1.70. The number of benzene rings is 3. The van der Waals surface area contributed by atoms with Gasteiger partial charge in [-0.25, -0.2) is 10.2 Å². The number of fused-ring (bicyclic) bond motifs is 1. The molecule has 11 nitrogen and oxygen atoms in total. The number of nitro groups is 1. The number of nitrogens with zero attached hydrogens (tertiary/aromatic N) is 3. The molecule has 0 aromatic heterocycles. The van der Waals surface area contributed by atoms with Gasteiger partial charge in [0.1, 0.15) is 5.75 Å². The Morgan fingerprint density at radius 2 is 1.89 bits per heavy atom. The molecule has 1 heterocycles. The molecule has 0 fully saturated rings. The van der Waals surface area contributed by atoms with E-state index in [4.69, 9.17) is 17.0 Å². The first-order valence-electron chi connectivity index (χ1n) is 10.6. The fourth-order valence-corrected chi connectivity index (χ4v) is 3.73. The summed E-state index contributed by atoms with van der Waals surface area (Å²) in [5.74, 6) is 0.0149. The van der Waals surface area contributed by atoms with Gasteiger partial charge < -0.3 is 15.4 Å². The first kappa shape index (κ1) is 24.3. The Kier molecular flexibility index (Phi) is 7.16. The van der Waals surface area contributed by atoms with Crippen LogP contribution < -0.4 is 25.7 Å². The van der Waals surface area contributed by atoms with Crippen LogP contribution in [0.25, 0.3) is 0 Å². The second kappa shape index (κ2) is 10.6. The topological polar surface area (TPSA) is 138 Å². The van der Waals surface area contributed by atoms with E-state index in [2.05, 4.69) is 21.2 Å². The summed E-state index contributed by atoms with van der Waals surface area (Å²) >= 11 is 5.49. The zero-order valence-corrected chi connectivity index (χ0v) is 19.7. The molecule has 0 saturated carbocycles. The van der Waals surface area contributed by atoms with Gasteiger partial charge in [-0.1, -0.05) is 30.3 Å². The van der Waals surface area contributed by atoms with Crippen molar-refractivity contribution in [3.8, 4) is 5.75 Å². The van der Waals surface area contributed by atoms with Gasteiger partial charge in [0.25, 0.3) is 11.6 Å². The number of rotatable bonds is 5. The number of nitrogens with one attached hydrogen (secondary N) is 3. The van der Waals surface area contributed by atoms with E-state index in [9.17, 15) is 19.7 Å². The summed E-state index contributed by atoms with van der Waals surface area (Å²) in [6.07, 6.45) is 1.18. The molecule has 182 valence electrons. The van der Waals surface area contributed by atoms with Crippen LogP contribution in [0.15, 0.2) is 71.8 Å². The molecule has 0 bridgehead atoms. The van der Waals surface area contributed by atoms with Crippen molar-refractivity contribution >= 4 is 58.2 Å². The van der Waals surface area contributed by atoms with Crippen molar-refractivity contribution < 1.29 is 19.2 Å². The van der Waals surface area contributed by atoms with Gasteiger partial charge in [0.15, 0.2) is 11.7 Å². The Bertz CT molecular complexity index is 1390. The van der Waals surface area contributed by atoms with Crippen LogP contribution in [0, 0.1) is 17.0 Å². The van der Waals surface area contributed by atoms with Crippen molar-refractivity contribution in [2.24, 2.45) is 5.10 Å². The van der Waals surface area contributed by atoms with E-state index < -0.39 is 11.0 Å². The first-order chi connectivity index (χ1) is 17.3. The molecule has 0 aliphatic carbocycles. The number of carbonyl (C=O) groups is 2. The van der Waals surface area contributed by atoms with Crippen LogP contribution in [0.1, 0.15) is 11.1 Å². The highest BCUT2D eigenvalue weighted by Crippen LogP contribution is 2.35. The van der Waals surface area contributed by atoms with Crippen molar-refractivity contribution in [2.45, 2.75) is 6.92 Å². The Morgan fingerprint density at radius 3 is 2.67 bits per heavy atom. The Labute approximate surface area is 210 Å². The molecule has 12 heteroatoms. The third-order valence-electron chi connectivity index (χ3n) is 5.15. The van der Waals surface area contributed by atoms with Crippen LogP contribution in [0.3, 0.4) is 0 Å². The fraction of sp³-hybridized carbons (Fsp3) is 0.0833. The van der Waals surface area contributed by atoms with Gasteiger partial charge in [-0.15, -0.1) is 0 Å². The molecule has 1 aliphatic rings. The number of hydrogen-bond acceptors (Lipinski definition) is 7. The molecule has 0 unspecified atom stereocenters. The van der Waals surface area contributed by atoms with Crippen molar-refractivity contribution in [1.29, 1.82) is 0 Å². The highest BCUT2D eigenvalue weighted by atomic mass is 32.1. The number of nitro benzene ring substituents is 1. The SMILES string of the molecule is Cc1ccccc1NC(=S)N1C(=O)COc2cc(NC(=O)N/N=C/c3ccccc3[N+](=O)[O-])ccc21. The predicted molar refractivity (Wildman–Crippen MR) is 140 cm³/mol. The van der Waals surface area contributed by atoms with E-state index in [0.717, 1.165) is 11.3 Å². The number of para-hydroxylation sites is 2. The number of amides is 3. The van der Waals surface area contributed by atoms with Gasteiger partial charge in [0.2, 0.25) is 0 Å². The van der Waals surface area contributed by atoms with E-state index in [1.807, 2.05) is 31.2 Å². The maximum absolute atomic E-state index is 12.6. The van der Waals surface area contributed by atoms with E-state index in [-0.39, 0.29) is 28.9 Å². The van der Waals surface area contributed by atoms with Gasteiger partial charge in [0, 0.05) is 23.5 Å². The summed E-state index contributed by atoms with van der Waals surface area (Å²) in [6, 6.07) is 17.6. The minimum absolute atomic E-state index is 0.135. The molecule has 0 atom stereocenters. The lowest BCUT2D eigenvalue weighted by Crippen LogP contribution is -2.45. The summed E-state index contributed by atoms with van der Waals surface area (Å²) in [5, 5.41) is 20.7. The molecule has 3 aromatic rings. The van der Waals surface area contributed by atoms with Gasteiger partial charge in [-0.2, -0.15) is 5.10 Å². The molecular weight excluding hydrogens is 484 g/mol. The lowest BCUT2D eigenvalue weighted by atomic mass is 10.2. The molecule has 4 rings (SSSR count). The molecule has 0 spiro atoms. The molecular formula is C24H20N6O5S. The average molecular weight is 505 g/mol. The molecule has 3 N–H and O–H groups in total. The summed E-state index contributed by atoms with van der Waals surface area (Å²) in [4.78, 5) is 36.7. The van der Waals surface area contributed by atoms with Gasteiger partial charge >= 0.3 is 6.03 Å². The Morgan fingerprint density at radius 1 is 1.14 bits per heavy atom. The van der Waals surface area contributed by atoms with E-state index in [1.54, 1.807) is 24.3 Å². The summed E-state index contributed by atoms with van der Waals surface area (Å²) in [7, 11) is 0. The standard InChI is InChI=1S/C24H20N6O5S/c1-15-6-2-4-8-18(15)27-24(36)29-20-11-10-17(12-21(20)35-14-22(29)31)26-23(32)28-25-13-16-7-3-5-9-19(16)30(33)34/h2-13H,14H2,1H3,(H,27,36)(H2,26,28,32)/b25-13+. The first-order valence-corrected chi connectivity index (χ1v) is 11.0. The fourth-order valence-electron chi connectivity index (χ4n) is 3.42. The van der Waals surface area contributed by atoms with Crippen LogP contribution in [0.2, 0.25) is 0 Å². The van der Waals surface area contributed by atoms with Gasteiger partial charge in [-0.05, 0) is 49.0 Å². The molecule has 3 aromatic carbocycles. The lowest BCUT2D eigenvalue weighted by Gasteiger charge is -2.30. The van der Waals surface area contributed by atoms with Gasteiger partial charge in [-0.3, -0.25) is 19.8 Å². The van der Waals surface area contributed by atoms with Crippen LogP contribution in [-0.2, 0) is 4.79 Å². The number of anilines is 3. The van der Waals surface area contributed by atoms with E-state index in [0.29, 0.717) is 17.1 Å². The molecule has 3 amide bonds. The van der Waals surface area contributed by atoms with Crippen LogP contribution >= 0.6 is 12.2 Å². The zero-order valence-electron chi connectivity index (χ0n) is 18.9. The average Bonchev–Trinajstić information content (AvgIpc) is 2.85. The van der Waals surface area contributed by atoms with Gasteiger partial charge in [0.05, 0.1) is 22.4 Å². The van der Waals surface area contributed by atoms with Crippen molar-refractivity contribution in [1.82, 2.24) is 5.43 Å². The molecule has 1 aliphatic heterocycles. The van der Waals surface area contributed by atoms with Crippen LogP contribution in [0.4, 0.5) is 27.5 Å². The third-order valence-corrected chi connectivity index (χ3v) is 5.44. The number of hydrogen-bond donors (Lipinski definition) is 3. The quantitative estimate of drug-likeness (QED) is 0.205. The largest absolute Gasteiger partial charge is 0.481 e. The molecule has 0 saturated heterocycles. The Balaban J connectivity index is 1.44. The predicted octanol–water partition coefficient (Wildman–Crippen LogP) is 4.18. The smallest absolute Gasteiger partial charge is 0.339 e. The zero-order chi connectivity index (χ0) is 25.7. The van der Waals surface area contributed by atoms with E-state index in [1.165, 1.54) is 29.3 Å². The van der Waals surface area contributed by atoms with Crippen molar-refractivity contribution in [2.75, 3.05) is 22.1 Å². The second-order valence-corrected chi connectivity index (χ2v) is 7.97. The number of hydrazone groups is 1. The van der Waals surface area contributed by atoms with Crippen molar-refractivity contribution in [3.63, 3.8) is 0 Å². The molecule has 36 heavy (non-hydrogen) atoms. The number of aryl methyl sites for hydroxylation is 1. The highest BCUT2D eigenvalue weighted by molar-refractivity contribution is 7.80. The second-order valence-electron chi connectivity index (χ2n) is 7.59. The minimum Gasteiger partial charge on any atom is -0.481 e. The maximum Gasteiger partial charge on any atom is 0.339 e. The Hall–Kier alpha value is -4.84. The van der Waals surface area contributed by atoms with Crippen LogP contribution in [0.5, 0.6) is 5.75 Å². The number of thiocarbonyl (C=S) groups is 1. The highest BCUT2D eigenvalue weighted by Gasteiger charge is 2.29. The monoisotopic (exact) mass is 504 g/mol. The summed E-state index contributed by atoms with van der Waals surface area (Å²) < 4.78 is 5.54. The summed E-state index contributed by atoms with van der Waals surface area (Å²) in [5.41, 5.74) is 4.91. The molecule has 0 radical (unpaired) electrons. The maximum atomic E-state index is 12.6.